The minimum atomic E-state index is -1.87. The van der Waals surface area contributed by atoms with Crippen LogP contribution in [-0.4, -0.2) is 35.2 Å². The predicted molar refractivity (Wildman–Crippen MR) is 103 cm³/mol. The summed E-state index contributed by atoms with van der Waals surface area (Å²) in [7, 11) is 1.33. The molecule has 154 valence electrons. The van der Waals surface area contributed by atoms with Crippen molar-refractivity contribution in [3.63, 3.8) is 0 Å². The minimum absolute atomic E-state index is 0.0679. The Morgan fingerprint density at radius 1 is 1.20 bits per heavy atom. The van der Waals surface area contributed by atoms with E-state index in [4.69, 9.17) is 9.52 Å². The number of allylic oxidation sites excluding steroid dienone is 1. The molecule has 7 nitrogen and oxygen atoms in total. The molecule has 1 amide bonds. The van der Waals surface area contributed by atoms with Crippen LogP contribution in [0, 0.1) is 5.82 Å². The number of rotatable bonds is 6. The van der Waals surface area contributed by atoms with Gasteiger partial charge in [-0.2, -0.15) is 4.39 Å². The quantitative estimate of drug-likeness (QED) is 0.418. The van der Waals surface area contributed by atoms with Crippen LogP contribution in [0.25, 0.3) is 22.3 Å². The maximum atomic E-state index is 14.1. The van der Waals surface area contributed by atoms with E-state index in [1.165, 1.54) is 25.3 Å². The molecule has 1 aromatic heterocycles. The van der Waals surface area contributed by atoms with Crippen LogP contribution in [0.1, 0.15) is 26.3 Å². The van der Waals surface area contributed by atoms with Gasteiger partial charge in [-0.3, -0.25) is 9.59 Å². The molecule has 1 heterocycles. The smallest absolute Gasteiger partial charge is 0.336 e. The Morgan fingerprint density at radius 3 is 2.43 bits per heavy atom. The zero-order valence-corrected chi connectivity index (χ0v) is 15.5. The van der Waals surface area contributed by atoms with Gasteiger partial charge in [-0.1, -0.05) is 6.08 Å². The Balaban J connectivity index is 2.37. The molecule has 3 aromatic rings. The maximum absolute atomic E-state index is 14.1. The summed E-state index contributed by atoms with van der Waals surface area (Å²) in [6, 6.07) is 4.03. The van der Waals surface area contributed by atoms with Crippen LogP contribution < -0.4 is 5.32 Å². The normalized spacial score (nSPS) is 11.2. The Kier molecular flexibility index (Phi) is 5.63. The highest BCUT2D eigenvalue weighted by atomic mass is 19.1. The molecule has 0 atom stereocenters. The van der Waals surface area contributed by atoms with Crippen molar-refractivity contribution in [2.45, 2.75) is 6.42 Å². The number of halogens is 2. The van der Waals surface area contributed by atoms with Gasteiger partial charge < -0.3 is 19.9 Å². The summed E-state index contributed by atoms with van der Waals surface area (Å²) in [4.78, 5) is 34.7. The van der Waals surface area contributed by atoms with Crippen molar-refractivity contribution in [2.24, 2.45) is 0 Å². The first kappa shape index (κ1) is 20.7. The summed E-state index contributed by atoms with van der Waals surface area (Å²) in [5, 5.41) is 21.6. The summed E-state index contributed by atoms with van der Waals surface area (Å²) in [6.45, 7) is 0. The molecule has 3 N–H and O–H groups in total. The van der Waals surface area contributed by atoms with Crippen molar-refractivity contribution in [3.05, 3.63) is 65.0 Å². The van der Waals surface area contributed by atoms with E-state index >= 15 is 0 Å². The van der Waals surface area contributed by atoms with Gasteiger partial charge in [-0.25, -0.2) is 9.18 Å². The number of amides is 1. The number of aliphatic carboxylic acids is 1. The number of aromatic hydroxyl groups is 1. The Labute approximate surface area is 168 Å². The average Bonchev–Trinajstić information content (AvgIpc) is 3.08. The van der Waals surface area contributed by atoms with Gasteiger partial charge in [0.25, 0.3) is 5.91 Å². The number of carbonyl (C=O) groups is 3. The fraction of sp³-hybridized carbons (Fsp3) is 0.0952. The molecule has 0 saturated carbocycles. The first-order valence-electron chi connectivity index (χ1n) is 8.63. The third kappa shape index (κ3) is 3.77. The van der Waals surface area contributed by atoms with Gasteiger partial charge in [0, 0.05) is 29.6 Å². The van der Waals surface area contributed by atoms with Gasteiger partial charge in [0.15, 0.2) is 0 Å². The van der Waals surface area contributed by atoms with E-state index < -0.39 is 35.0 Å². The van der Waals surface area contributed by atoms with Crippen molar-refractivity contribution >= 4 is 28.9 Å². The number of hydrogen-bond acceptors (Lipinski definition) is 5. The number of phenolic OH excluding ortho intramolecular Hbond substituents is 1. The first-order chi connectivity index (χ1) is 14.2. The molecule has 2 aromatic carbocycles. The number of benzene rings is 2. The molecule has 0 fully saturated rings. The summed E-state index contributed by atoms with van der Waals surface area (Å²) >= 11 is 0. The van der Waals surface area contributed by atoms with Crippen molar-refractivity contribution in [1.29, 1.82) is 0 Å². The van der Waals surface area contributed by atoms with Crippen molar-refractivity contribution in [2.75, 3.05) is 7.05 Å². The van der Waals surface area contributed by atoms with E-state index in [9.17, 15) is 28.3 Å². The van der Waals surface area contributed by atoms with Crippen LogP contribution in [0.15, 0.2) is 46.9 Å². The summed E-state index contributed by atoms with van der Waals surface area (Å²) in [5.41, 5.74) is -0.677. The average molecular weight is 415 g/mol. The Morgan fingerprint density at radius 2 is 1.87 bits per heavy atom. The molecule has 0 aliphatic heterocycles. The van der Waals surface area contributed by atoms with Crippen LogP contribution in [0.5, 0.6) is 5.75 Å². The predicted octanol–water partition coefficient (Wildman–Crippen LogP) is 3.60. The van der Waals surface area contributed by atoms with Gasteiger partial charge in [-0.05, 0) is 36.8 Å². The van der Waals surface area contributed by atoms with Crippen molar-refractivity contribution in [3.8, 4) is 17.1 Å². The topological polar surface area (TPSA) is 117 Å². The maximum Gasteiger partial charge on any atom is 0.336 e. The number of nitrogens with one attached hydrogen (secondary N) is 1. The van der Waals surface area contributed by atoms with E-state index in [1.54, 1.807) is 0 Å². The molecule has 0 radical (unpaired) electrons. The van der Waals surface area contributed by atoms with E-state index in [0.717, 1.165) is 24.3 Å². The molecule has 9 heteroatoms. The molecule has 30 heavy (non-hydrogen) atoms. The van der Waals surface area contributed by atoms with Gasteiger partial charge in [0.1, 0.15) is 28.5 Å². The number of phenols is 1. The second-order valence-electron chi connectivity index (χ2n) is 6.24. The Hall–Kier alpha value is -4.01. The third-order valence-corrected chi connectivity index (χ3v) is 4.41. The summed E-state index contributed by atoms with van der Waals surface area (Å²) in [5.74, 6) is -3.25. The van der Waals surface area contributed by atoms with Crippen LogP contribution in [0.4, 0.5) is 8.78 Å². The molecule has 0 spiro atoms. The highest BCUT2D eigenvalue weighted by Gasteiger charge is 2.28. The molecular weight excluding hydrogens is 400 g/mol. The first-order valence-corrected chi connectivity index (χ1v) is 8.63. The highest BCUT2D eigenvalue weighted by Crippen LogP contribution is 2.41. The number of furan rings is 1. The van der Waals surface area contributed by atoms with Crippen LogP contribution >= 0.6 is 0 Å². The van der Waals surface area contributed by atoms with Gasteiger partial charge in [-0.15, -0.1) is 0 Å². The number of carboxylic acid groups (broad SMARTS) is 1. The molecule has 0 bridgehead atoms. The zero-order valence-electron chi connectivity index (χ0n) is 15.5. The van der Waals surface area contributed by atoms with Crippen LogP contribution in [0.2, 0.25) is 0 Å². The summed E-state index contributed by atoms with van der Waals surface area (Å²) < 4.78 is 33.0. The van der Waals surface area contributed by atoms with Crippen molar-refractivity contribution < 1.29 is 37.8 Å². The van der Waals surface area contributed by atoms with E-state index in [-0.39, 0.29) is 39.8 Å². The van der Waals surface area contributed by atoms with E-state index in [1.807, 2.05) is 0 Å². The molecule has 0 aliphatic rings. The molecule has 3 rings (SSSR count). The molecule has 0 saturated heterocycles. The van der Waals surface area contributed by atoms with Crippen molar-refractivity contribution in [1.82, 2.24) is 5.32 Å². The Bertz CT molecular complexity index is 1190. The number of carboxylic acids is 1. The number of hydrogen-bond donors (Lipinski definition) is 3. The second kappa shape index (κ2) is 8.16. The fourth-order valence-electron chi connectivity index (χ4n) is 3.11. The van der Waals surface area contributed by atoms with Crippen LogP contribution in [-0.2, 0) is 11.2 Å². The summed E-state index contributed by atoms with van der Waals surface area (Å²) in [6.07, 6.45) is 1.74. The van der Waals surface area contributed by atoms with Crippen LogP contribution in [0.3, 0.4) is 0 Å². The zero-order chi connectivity index (χ0) is 22.0. The number of fused-ring (bicyclic) bond motifs is 1. The highest BCUT2D eigenvalue weighted by molar-refractivity contribution is 6.12. The van der Waals surface area contributed by atoms with Gasteiger partial charge >= 0.3 is 12.0 Å². The van der Waals surface area contributed by atoms with E-state index in [2.05, 4.69) is 5.32 Å². The number of carbonyl (C=O) groups excluding carboxylic acids is 2. The lowest BCUT2D eigenvalue weighted by Gasteiger charge is -2.09. The van der Waals surface area contributed by atoms with E-state index in [0.29, 0.717) is 0 Å². The minimum Gasteiger partial charge on any atom is -0.507 e. The molecule has 0 aliphatic carbocycles. The lowest BCUT2D eigenvalue weighted by Crippen LogP contribution is -2.18. The standard InChI is InChI=1S/C21H15F2NO6/c1-24-21(29)13-9-14-16(12(18(13)27)3-2-4-15(25)26)17(20(23)28)19(30-14)10-5-7-11(22)8-6-10/h2,4-9,27H,3H2,1H3,(H,24,29)(H,25,26). The largest absolute Gasteiger partial charge is 0.507 e. The lowest BCUT2D eigenvalue weighted by molar-refractivity contribution is -0.131. The lowest BCUT2D eigenvalue weighted by atomic mass is 9.96. The SMILES string of the molecule is CNC(=O)c1cc2oc(-c3ccc(F)cc3)c(C(=O)F)c2c(CC=CC(=O)O)c1O. The third-order valence-electron chi connectivity index (χ3n) is 4.41. The molecule has 0 unspecified atom stereocenters. The van der Waals surface area contributed by atoms with Gasteiger partial charge in [0.2, 0.25) is 0 Å². The molecular formula is C21H15F2NO6. The van der Waals surface area contributed by atoms with Gasteiger partial charge in [0.05, 0.1) is 5.56 Å². The second-order valence-corrected chi connectivity index (χ2v) is 6.24. The fourth-order valence-corrected chi connectivity index (χ4v) is 3.11. The monoisotopic (exact) mass is 415 g/mol.